The molecule has 0 unspecified atom stereocenters. The molecule has 154 valence electrons. The molecule has 0 aliphatic carbocycles. The van der Waals surface area contributed by atoms with Gasteiger partial charge in [-0.05, 0) is 47.5 Å². The summed E-state index contributed by atoms with van der Waals surface area (Å²) >= 11 is 6.05. The molecule has 1 atom stereocenters. The van der Waals surface area contributed by atoms with Crippen LogP contribution in [-0.4, -0.2) is 32.6 Å². The van der Waals surface area contributed by atoms with Gasteiger partial charge in [0, 0.05) is 31.2 Å². The Morgan fingerprint density at radius 2 is 1.67 bits per heavy atom. The summed E-state index contributed by atoms with van der Waals surface area (Å²) in [4.78, 5) is 2.23. The van der Waals surface area contributed by atoms with Gasteiger partial charge in [-0.15, -0.1) is 0 Å². The molecule has 0 saturated heterocycles. The zero-order valence-corrected chi connectivity index (χ0v) is 18.3. The van der Waals surface area contributed by atoms with Gasteiger partial charge < -0.3 is 4.90 Å². The summed E-state index contributed by atoms with van der Waals surface area (Å²) in [5, 5.41) is 5.20. The third-order valence-corrected chi connectivity index (χ3v) is 7.06. The Bertz CT molecular complexity index is 1180. The summed E-state index contributed by atoms with van der Waals surface area (Å²) < 4.78 is 28.1. The maximum Gasteiger partial charge on any atom is 0.279 e. The topological polar surface area (TPSA) is 53.0 Å². The highest BCUT2D eigenvalue weighted by molar-refractivity contribution is 7.89. The molecular weight excluding hydrogens is 418 g/mol. The van der Waals surface area contributed by atoms with E-state index in [2.05, 4.69) is 5.10 Å². The van der Waals surface area contributed by atoms with Gasteiger partial charge in [-0.2, -0.15) is 17.9 Å². The van der Waals surface area contributed by atoms with E-state index in [1.165, 1.54) is 4.41 Å². The van der Waals surface area contributed by atoms with Crippen molar-refractivity contribution >= 4 is 33.0 Å². The number of sulfonamides is 1. The normalized spacial score (nSPS) is 16.4. The number of halogens is 1. The van der Waals surface area contributed by atoms with Crippen LogP contribution in [0.5, 0.6) is 0 Å². The van der Waals surface area contributed by atoms with Gasteiger partial charge >= 0.3 is 0 Å². The zero-order valence-electron chi connectivity index (χ0n) is 16.7. The highest BCUT2D eigenvalue weighted by Gasteiger charge is 2.37. The molecule has 1 heterocycles. The van der Waals surface area contributed by atoms with Gasteiger partial charge in [0.2, 0.25) is 0 Å². The lowest BCUT2D eigenvalue weighted by molar-refractivity contribution is 0.371. The fraction of sp³-hybridized carbons (Fsp3) is 0.174. The summed E-state index contributed by atoms with van der Waals surface area (Å²) in [6, 6.07) is 23.2. The van der Waals surface area contributed by atoms with Crippen LogP contribution in [0.4, 0.5) is 5.69 Å². The number of hydrogen-bond donors (Lipinski definition) is 0. The first-order valence-electron chi connectivity index (χ1n) is 9.56. The quantitative estimate of drug-likeness (QED) is 0.565. The first-order valence-corrected chi connectivity index (χ1v) is 11.4. The van der Waals surface area contributed by atoms with Crippen LogP contribution < -0.4 is 4.90 Å². The Kier molecular flexibility index (Phi) is 5.54. The Morgan fingerprint density at radius 3 is 2.33 bits per heavy atom. The molecule has 5 nitrogen and oxygen atoms in total. The van der Waals surface area contributed by atoms with Gasteiger partial charge in [0.15, 0.2) is 0 Å². The van der Waals surface area contributed by atoms with Crippen molar-refractivity contribution in [2.45, 2.75) is 17.4 Å². The van der Waals surface area contributed by atoms with E-state index in [9.17, 15) is 8.42 Å². The molecule has 1 aliphatic rings. The number of anilines is 1. The van der Waals surface area contributed by atoms with Crippen LogP contribution in [-0.2, 0) is 10.0 Å². The fourth-order valence-electron chi connectivity index (χ4n) is 3.48. The van der Waals surface area contributed by atoms with Crippen molar-refractivity contribution in [3.63, 3.8) is 0 Å². The second-order valence-electron chi connectivity index (χ2n) is 7.35. The average Bonchev–Trinajstić information content (AvgIpc) is 3.21. The molecule has 0 amide bonds. The number of rotatable bonds is 5. The minimum Gasteiger partial charge on any atom is -0.378 e. The van der Waals surface area contributed by atoms with E-state index in [-0.39, 0.29) is 4.90 Å². The van der Waals surface area contributed by atoms with Crippen molar-refractivity contribution in [2.24, 2.45) is 5.10 Å². The highest BCUT2D eigenvalue weighted by atomic mass is 35.5. The van der Waals surface area contributed by atoms with Gasteiger partial charge in [0.25, 0.3) is 10.0 Å². The molecule has 1 aliphatic heterocycles. The van der Waals surface area contributed by atoms with E-state index in [1.807, 2.05) is 55.4 Å². The molecule has 7 heteroatoms. The second-order valence-corrected chi connectivity index (χ2v) is 9.59. The van der Waals surface area contributed by atoms with Crippen LogP contribution in [0.15, 0.2) is 88.9 Å². The van der Waals surface area contributed by atoms with Crippen molar-refractivity contribution in [3.8, 4) is 0 Å². The van der Waals surface area contributed by atoms with E-state index in [4.69, 9.17) is 11.6 Å². The summed E-state index contributed by atoms with van der Waals surface area (Å²) in [7, 11) is 0.130. The van der Waals surface area contributed by atoms with E-state index >= 15 is 0 Å². The van der Waals surface area contributed by atoms with Crippen LogP contribution >= 0.6 is 11.6 Å². The lowest BCUT2D eigenvalue weighted by Crippen LogP contribution is -2.27. The molecule has 0 aromatic heterocycles. The van der Waals surface area contributed by atoms with Gasteiger partial charge in [-0.25, -0.2) is 0 Å². The molecular formula is C23H22ClN3O2S. The average molecular weight is 440 g/mol. The van der Waals surface area contributed by atoms with Crippen molar-refractivity contribution < 1.29 is 8.42 Å². The van der Waals surface area contributed by atoms with Gasteiger partial charge in [0.05, 0.1) is 16.6 Å². The van der Waals surface area contributed by atoms with E-state index in [1.54, 1.807) is 42.5 Å². The second kappa shape index (κ2) is 8.13. The predicted molar refractivity (Wildman–Crippen MR) is 122 cm³/mol. The summed E-state index contributed by atoms with van der Waals surface area (Å²) in [6.45, 7) is 0. The first-order chi connectivity index (χ1) is 14.4. The van der Waals surface area contributed by atoms with Crippen molar-refractivity contribution in [1.82, 2.24) is 4.41 Å². The van der Waals surface area contributed by atoms with Crippen LogP contribution in [0.1, 0.15) is 23.6 Å². The highest BCUT2D eigenvalue weighted by Crippen LogP contribution is 2.37. The van der Waals surface area contributed by atoms with E-state index < -0.39 is 16.1 Å². The number of hydrogen-bond acceptors (Lipinski definition) is 4. The molecule has 3 aromatic rings. The SMILES string of the molecule is CN(C)c1cccc(C2=NN(S(=O)(=O)c3ccccc3)[C@H](c3ccc(Cl)cc3)C2)c1. The first kappa shape index (κ1) is 20.4. The Labute approximate surface area is 182 Å². The predicted octanol–water partition coefficient (Wildman–Crippen LogP) is 4.95. The Hall–Kier alpha value is -2.83. The summed E-state index contributed by atoms with van der Waals surface area (Å²) in [5.41, 5.74) is 3.52. The molecule has 0 N–H and O–H groups in total. The lowest BCUT2D eigenvalue weighted by Gasteiger charge is -2.23. The van der Waals surface area contributed by atoms with Crippen LogP contribution in [0, 0.1) is 0 Å². The molecule has 0 radical (unpaired) electrons. The minimum atomic E-state index is -3.81. The van der Waals surface area contributed by atoms with Crippen molar-refractivity contribution in [1.29, 1.82) is 0 Å². The van der Waals surface area contributed by atoms with Crippen LogP contribution in [0.3, 0.4) is 0 Å². The molecule has 0 bridgehead atoms. The molecule has 0 spiro atoms. The third kappa shape index (κ3) is 3.93. The van der Waals surface area contributed by atoms with Crippen molar-refractivity contribution in [2.75, 3.05) is 19.0 Å². The lowest BCUT2D eigenvalue weighted by atomic mass is 9.99. The maximum absolute atomic E-state index is 13.4. The van der Waals surface area contributed by atoms with Crippen LogP contribution in [0.2, 0.25) is 5.02 Å². The van der Waals surface area contributed by atoms with Gasteiger partial charge in [0.1, 0.15) is 0 Å². The largest absolute Gasteiger partial charge is 0.378 e. The number of benzene rings is 3. The van der Waals surface area contributed by atoms with Gasteiger partial charge in [-0.3, -0.25) is 0 Å². The molecule has 30 heavy (non-hydrogen) atoms. The molecule has 0 fully saturated rings. The standard InChI is InChI=1S/C23H22ClN3O2S/c1-26(2)20-8-6-7-18(15-20)22-16-23(17-11-13-19(24)14-12-17)27(25-22)30(28,29)21-9-4-3-5-10-21/h3-15,23H,16H2,1-2H3/t23-/m0/s1. The molecule has 0 saturated carbocycles. The molecule has 3 aromatic carbocycles. The number of nitrogens with zero attached hydrogens (tertiary/aromatic N) is 3. The van der Waals surface area contributed by atoms with E-state index in [0.29, 0.717) is 11.4 Å². The minimum absolute atomic E-state index is 0.219. The Morgan fingerprint density at radius 1 is 0.967 bits per heavy atom. The van der Waals surface area contributed by atoms with Crippen molar-refractivity contribution in [3.05, 3.63) is 95.0 Å². The monoisotopic (exact) mass is 439 g/mol. The smallest absolute Gasteiger partial charge is 0.279 e. The Balaban J connectivity index is 1.80. The van der Waals surface area contributed by atoms with Gasteiger partial charge in [-0.1, -0.05) is 54.1 Å². The maximum atomic E-state index is 13.4. The third-order valence-electron chi connectivity index (χ3n) is 5.11. The summed E-state index contributed by atoms with van der Waals surface area (Å²) in [6.07, 6.45) is 0.477. The van der Waals surface area contributed by atoms with Crippen LogP contribution in [0.25, 0.3) is 0 Å². The number of hydrazone groups is 1. The fourth-order valence-corrected chi connectivity index (χ4v) is 5.06. The molecule has 4 rings (SSSR count). The summed E-state index contributed by atoms with van der Waals surface area (Å²) in [5.74, 6) is 0. The van der Waals surface area contributed by atoms with E-state index in [0.717, 1.165) is 22.5 Å². The zero-order chi connectivity index (χ0) is 21.3.